The SMILES string of the molecule is c1ccc(CN2CC3CC2CO3)nc1. The minimum absolute atomic E-state index is 0.490. The van der Waals surface area contributed by atoms with Crippen molar-refractivity contribution >= 4 is 0 Å². The van der Waals surface area contributed by atoms with Crippen LogP contribution in [0.4, 0.5) is 0 Å². The van der Waals surface area contributed by atoms with Crippen LogP contribution in [0, 0.1) is 0 Å². The Morgan fingerprint density at radius 3 is 3.14 bits per heavy atom. The van der Waals surface area contributed by atoms with Gasteiger partial charge in [0.15, 0.2) is 0 Å². The van der Waals surface area contributed by atoms with Crippen LogP contribution in [0.5, 0.6) is 0 Å². The van der Waals surface area contributed by atoms with Crippen molar-refractivity contribution in [3.05, 3.63) is 30.1 Å². The molecule has 0 N–H and O–H groups in total. The van der Waals surface area contributed by atoms with Crippen LogP contribution in [0.25, 0.3) is 0 Å². The number of nitrogens with zero attached hydrogens (tertiary/aromatic N) is 2. The predicted octanol–water partition coefficient (Wildman–Crippen LogP) is 1.05. The zero-order chi connectivity index (χ0) is 9.38. The monoisotopic (exact) mass is 190 g/mol. The molecule has 0 radical (unpaired) electrons. The van der Waals surface area contributed by atoms with E-state index in [1.807, 2.05) is 18.3 Å². The van der Waals surface area contributed by atoms with Crippen LogP contribution in [0.15, 0.2) is 24.4 Å². The fraction of sp³-hybridized carbons (Fsp3) is 0.545. The molecule has 2 aliphatic rings. The van der Waals surface area contributed by atoms with Crippen molar-refractivity contribution < 1.29 is 4.74 Å². The van der Waals surface area contributed by atoms with Crippen molar-refractivity contribution in [1.29, 1.82) is 0 Å². The minimum atomic E-state index is 0.490. The van der Waals surface area contributed by atoms with Crippen LogP contribution in [-0.2, 0) is 11.3 Å². The van der Waals surface area contributed by atoms with Gasteiger partial charge < -0.3 is 4.74 Å². The second kappa shape index (κ2) is 3.33. The molecule has 1 aromatic rings. The highest BCUT2D eigenvalue weighted by molar-refractivity contribution is 5.05. The fourth-order valence-corrected chi connectivity index (χ4v) is 2.37. The van der Waals surface area contributed by atoms with Gasteiger partial charge in [0.2, 0.25) is 0 Å². The van der Waals surface area contributed by atoms with Crippen LogP contribution in [0.2, 0.25) is 0 Å². The molecule has 3 rings (SSSR count). The van der Waals surface area contributed by atoms with E-state index in [4.69, 9.17) is 4.74 Å². The molecule has 14 heavy (non-hydrogen) atoms. The number of morpholine rings is 1. The maximum absolute atomic E-state index is 5.56. The third-order valence-corrected chi connectivity index (χ3v) is 3.11. The highest BCUT2D eigenvalue weighted by atomic mass is 16.5. The molecule has 2 unspecified atom stereocenters. The van der Waals surface area contributed by atoms with Crippen LogP contribution in [0.3, 0.4) is 0 Å². The van der Waals surface area contributed by atoms with E-state index in [2.05, 4.69) is 16.0 Å². The third-order valence-electron chi connectivity index (χ3n) is 3.11. The topological polar surface area (TPSA) is 25.4 Å². The number of pyridine rings is 1. The molecule has 0 aliphatic carbocycles. The molecule has 2 aliphatic heterocycles. The van der Waals surface area contributed by atoms with E-state index in [-0.39, 0.29) is 0 Å². The Morgan fingerprint density at radius 2 is 2.50 bits per heavy atom. The lowest BCUT2D eigenvalue weighted by Gasteiger charge is -2.25. The molecule has 2 atom stereocenters. The van der Waals surface area contributed by atoms with Gasteiger partial charge in [-0.05, 0) is 18.6 Å². The predicted molar refractivity (Wildman–Crippen MR) is 52.8 cm³/mol. The molecule has 3 heteroatoms. The summed E-state index contributed by atoms with van der Waals surface area (Å²) >= 11 is 0. The number of hydrogen-bond donors (Lipinski definition) is 0. The largest absolute Gasteiger partial charge is 0.375 e. The first-order valence-electron chi connectivity index (χ1n) is 5.17. The fourth-order valence-electron chi connectivity index (χ4n) is 2.37. The lowest BCUT2D eigenvalue weighted by atomic mass is 10.2. The van der Waals surface area contributed by atoms with Crippen molar-refractivity contribution in [2.45, 2.75) is 25.1 Å². The molecule has 2 saturated heterocycles. The Labute approximate surface area is 83.7 Å². The van der Waals surface area contributed by atoms with Gasteiger partial charge in [-0.25, -0.2) is 0 Å². The van der Waals surface area contributed by atoms with E-state index in [1.54, 1.807) is 0 Å². The first kappa shape index (κ1) is 8.38. The normalized spacial score (nSPS) is 31.1. The smallest absolute Gasteiger partial charge is 0.0718 e. The Kier molecular flexibility index (Phi) is 2.00. The van der Waals surface area contributed by atoms with Crippen LogP contribution >= 0.6 is 0 Å². The zero-order valence-corrected chi connectivity index (χ0v) is 8.10. The maximum atomic E-state index is 5.56. The second-order valence-corrected chi connectivity index (χ2v) is 4.10. The Balaban J connectivity index is 1.69. The molecule has 2 fully saturated rings. The molecule has 0 saturated carbocycles. The number of aromatic nitrogens is 1. The number of fused-ring (bicyclic) bond motifs is 2. The molecule has 1 aromatic heterocycles. The summed E-state index contributed by atoms with van der Waals surface area (Å²) in [6, 6.07) is 6.74. The van der Waals surface area contributed by atoms with Crippen molar-refractivity contribution in [2.75, 3.05) is 13.2 Å². The average Bonchev–Trinajstić information content (AvgIpc) is 2.81. The minimum Gasteiger partial charge on any atom is -0.375 e. The van der Waals surface area contributed by atoms with Gasteiger partial charge in [0.25, 0.3) is 0 Å². The number of rotatable bonds is 2. The second-order valence-electron chi connectivity index (χ2n) is 4.10. The van der Waals surface area contributed by atoms with E-state index >= 15 is 0 Å². The quantitative estimate of drug-likeness (QED) is 0.697. The molecular formula is C11H14N2O. The highest BCUT2D eigenvalue weighted by Gasteiger charge is 2.38. The Hall–Kier alpha value is -0.930. The van der Waals surface area contributed by atoms with Gasteiger partial charge in [-0.2, -0.15) is 0 Å². The summed E-state index contributed by atoms with van der Waals surface area (Å²) in [5.74, 6) is 0. The Bertz CT molecular complexity index is 314. The average molecular weight is 190 g/mol. The molecule has 2 bridgehead atoms. The van der Waals surface area contributed by atoms with E-state index < -0.39 is 0 Å². The zero-order valence-electron chi connectivity index (χ0n) is 8.10. The summed E-state index contributed by atoms with van der Waals surface area (Å²) < 4.78 is 5.56. The van der Waals surface area contributed by atoms with Crippen molar-refractivity contribution in [3.8, 4) is 0 Å². The molecular weight excluding hydrogens is 176 g/mol. The number of ether oxygens (including phenoxy) is 1. The van der Waals surface area contributed by atoms with Crippen molar-refractivity contribution in [2.24, 2.45) is 0 Å². The standard InChI is InChI=1S/C11H14N2O/c1-2-4-12-9(3-1)6-13-7-11-5-10(13)8-14-11/h1-4,10-11H,5-8H2. The van der Waals surface area contributed by atoms with Gasteiger partial charge in [-0.3, -0.25) is 9.88 Å². The molecule has 3 nitrogen and oxygen atoms in total. The summed E-state index contributed by atoms with van der Waals surface area (Å²) in [6.07, 6.45) is 3.57. The first-order valence-corrected chi connectivity index (χ1v) is 5.17. The maximum Gasteiger partial charge on any atom is 0.0718 e. The van der Waals surface area contributed by atoms with Gasteiger partial charge in [-0.1, -0.05) is 6.07 Å². The molecule has 0 spiro atoms. The first-order chi connectivity index (χ1) is 6.92. The Morgan fingerprint density at radius 1 is 1.50 bits per heavy atom. The third kappa shape index (κ3) is 1.42. The van der Waals surface area contributed by atoms with E-state index in [9.17, 15) is 0 Å². The van der Waals surface area contributed by atoms with Crippen LogP contribution in [0.1, 0.15) is 12.1 Å². The number of likely N-dealkylation sites (tertiary alicyclic amines) is 1. The molecule has 0 aromatic carbocycles. The number of hydrogen-bond acceptors (Lipinski definition) is 3. The lowest BCUT2D eigenvalue weighted by molar-refractivity contribution is 0.0268. The summed E-state index contributed by atoms with van der Waals surface area (Å²) in [7, 11) is 0. The van der Waals surface area contributed by atoms with Gasteiger partial charge in [0, 0.05) is 25.3 Å². The molecule has 0 amide bonds. The van der Waals surface area contributed by atoms with E-state index in [0.717, 1.165) is 19.7 Å². The van der Waals surface area contributed by atoms with E-state index in [1.165, 1.54) is 12.1 Å². The van der Waals surface area contributed by atoms with Crippen LogP contribution in [-0.4, -0.2) is 35.2 Å². The van der Waals surface area contributed by atoms with E-state index in [0.29, 0.717) is 12.1 Å². The molecule has 3 heterocycles. The summed E-state index contributed by atoms with van der Waals surface area (Å²) in [4.78, 5) is 6.83. The van der Waals surface area contributed by atoms with Gasteiger partial charge >= 0.3 is 0 Å². The summed E-state index contributed by atoms with van der Waals surface area (Å²) in [5.41, 5.74) is 1.17. The summed E-state index contributed by atoms with van der Waals surface area (Å²) in [5, 5.41) is 0. The van der Waals surface area contributed by atoms with Gasteiger partial charge in [0.05, 0.1) is 18.4 Å². The van der Waals surface area contributed by atoms with Crippen molar-refractivity contribution in [3.63, 3.8) is 0 Å². The van der Waals surface area contributed by atoms with Gasteiger partial charge in [-0.15, -0.1) is 0 Å². The highest BCUT2D eigenvalue weighted by Crippen LogP contribution is 2.28. The van der Waals surface area contributed by atoms with Gasteiger partial charge in [0.1, 0.15) is 0 Å². The van der Waals surface area contributed by atoms with Crippen molar-refractivity contribution in [1.82, 2.24) is 9.88 Å². The molecule has 74 valence electrons. The van der Waals surface area contributed by atoms with Crippen LogP contribution < -0.4 is 0 Å². The summed E-state index contributed by atoms with van der Waals surface area (Å²) in [6.45, 7) is 2.98. The lowest BCUT2D eigenvalue weighted by Crippen LogP contribution is -2.36.